The molecule has 0 bridgehead atoms. The average Bonchev–Trinajstić information content (AvgIpc) is 3.26. The van der Waals surface area contributed by atoms with Crippen LogP contribution in [-0.4, -0.2) is 49.3 Å². The van der Waals surface area contributed by atoms with E-state index < -0.39 is 46.9 Å². The molecule has 0 spiro atoms. The Labute approximate surface area is 266 Å². The van der Waals surface area contributed by atoms with Gasteiger partial charge in [0.25, 0.3) is 0 Å². The maximum Gasteiger partial charge on any atom is 0.335 e. The van der Waals surface area contributed by atoms with E-state index in [9.17, 15) is 14.7 Å². The van der Waals surface area contributed by atoms with Gasteiger partial charge in [-0.25, -0.2) is 13.6 Å². The van der Waals surface area contributed by atoms with Crippen molar-refractivity contribution in [2.24, 2.45) is 5.41 Å². The van der Waals surface area contributed by atoms with Crippen LogP contribution < -0.4 is 20.7 Å². The minimum atomic E-state index is -1.19. The lowest BCUT2D eigenvalue weighted by molar-refractivity contribution is -0.118. The van der Waals surface area contributed by atoms with E-state index in [-0.39, 0.29) is 50.1 Å². The number of likely N-dealkylation sites (N-methyl/N-ethyl adjacent to an activating group) is 1. The molecule has 4 atom stereocenters. The Hall–Kier alpha value is -3.24. The summed E-state index contributed by atoms with van der Waals surface area (Å²) in [5, 5.41) is 19.2. The molecule has 0 saturated carbocycles. The predicted octanol–water partition coefficient (Wildman–Crippen LogP) is 7.02. The lowest BCUT2D eigenvalue weighted by atomic mass is 9.61. The van der Waals surface area contributed by atoms with Gasteiger partial charge in [0, 0.05) is 28.9 Å². The van der Waals surface area contributed by atoms with Gasteiger partial charge in [-0.15, -0.1) is 0 Å². The molecule has 3 aromatic rings. The SMILES string of the molecule is CCNC[C@]1(c2ccc(Cl)cc2F)[C@H](CC(C)(C)C)N[C@@H](C(=O)Nc2ccc(C(=O)O)cc2OC)[C@@H]1c1cccc(Cl)c1F. The third kappa shape index (κ3) is 6.71. The Morgan fingerprint density at radius 1 is 1.09 bits per heavy atom. The fraction of sp³-hybridized carbons (Fsp3) is 0.394. The highest BCUT2D eigenvalue weighted by Crippen LogP contribution is 2.53. The highest BCUT2D eigenvalue weighted by molar-refractivity contribution is 6.31. The Balaban J connectivity index is 1.97. The summed E-state index contributed by atoms with van der Waals surface area (Å²) >= 11 is 12.5. The molecule has 1 amide bonds. The van der Waals surface area contributed by atoms with Crippen molar-refractivity contribution >= 4 is 40.8 Å². The van der Waals surface area contributed by atoms with Gasteiger partial charge >= 0.3 is 5.97 Å². The van der Waals surface area contributed by atoms with E-state index in [0.717, 1.165) is 0 Å². The van der Waals surface area contributed by atoms with E-state index in [4.69, 9.17) is 27.9 Å². The van der Waals surface area contributed by atoms with Crippen LogP contribution in [-0.2, 0) is 10.2 Å². The Kier molecular flexibility index (Phi) is 10.2. The summed E-state index contributed by atoms with van der Waals surface area (Å²) in [6.07, 6.45) is 0.500. The number of hydrogen-bond acceptors (Lipinski definition) is 5. The summed E-state index contributed by atoms with van der Waals surface area (Å²) in [7, 11) is 1.36. The van der Waals surface area contributed by atoms with Gasteiger partial charge in [0.05, 0.1) is 29.4 Å². The van der Waals surface area contributed by atoms with Crippen LogP contribution in [0, 0.1) is 17.0 Å². The summed E-state index contributed by atoms with van der Waals surface area (Å²) in [6.45, 7) is 8.78. The smallest absolute Gasteiger partial charge is 0.335 e. The third-order valence-electron chi connectivity index (χ3n) is 8.11. The second-order valence-corrected chi connectivity index (χ2v) is 13.1. The number of hydrogen-bond donors (Lipinski definition) is 4. The molecule has 11 heteroatoms. The molecule has 0 aromatic heterocycles. The monoisotopic (exact) mass is 647 g/mol. The van der Waals surface area contributed by atoms with Crippen molar-refractivity contribution in [3.8, 4) is 5.75 Å². The van der Waals surface area contributed by atoms with Gasteiger partial charge in [0.2, 0.25) is 5.91 Å². The summed E-state index contributed by atoms with van der Waals surface area (Å²) in [5.74, 6) is -3.78. The van der Waals surface area contributed by atoms with E-state index in [0.29, 0.717) is 13.0 Å². The van der Waals surface area contributed by atoms with Crippen LogP contribution in [0.4, 0.5) is 14.5 Å². The third-order valence-corrected chi connectivity index (χ3v) is 8.64. The standard InChI is InChI=1S/C33H37Cl2F2N3O4/c1-6-38-17-33(21-12-11-19(34)15-23(21)36)26(16-32(2,3)4)40-29(27(33)20-8-7-9-22(35)28(20)37)30(41)39-24-13-10-18(31(42)43)14-25(24)44-5/h7-15,26-27,29,38,40H,6,16-17H2,1-5H3,(H,39,41)(H,42,43)/t26-,27-,29+,33-/m0/s1. The molecule has 3 aromatic carbocycles. The van der Waals surface area contributed by atoms with Gasteiger partial charge in [-0.05, 0) is 65.9 Å². The van der Waals surface area contributed by atoms with Crippen LogP contribution in [0.15, 0.2) is 54.6 Å². The maximum atomic E-state index is 16.1. The van der Waals surface area contributed by atoms with Crippen LogP contribution in [0.1, 0.15) is 61.5 Å². The maximum absolute atomic E-state index is 16.1. The van der Waals surface area contributed by atoms with Crippen LogP contribution in [0.3, 0.4) is 0 Å². The van der Waals surface area contributed by atoms with E-state index in [1.165, 1.54) is 37.4 Å². The van der Waals surface area contributed by atoms with Crippen LogP contribution in [0.25, 0.3) is 0 Å². The molecule has 1 heterocycles. The molecule has 7 nitrogen and oxygen atoms in total. The summed E-state index contributed by atoms with van der Waals surface area (Å²) in [5.41, 5.74) is -0.830. The minimum absolute atomic E-state index is 0.0224. The molecule has 4 N–H and O–H groups in total. The van der Waals surface area contributed by atoms with Gasteiger partial charge in [-0.1, -0.05) is 69.1 Å². The first-order valence-electron chi connectivity index (χ1n) is 14.3. The number of nitrogens with one attached hydrogen (secondary N) is 3. The summed E-state index contributed by atoms with van der Waals surface area (Å²) in [4.78, 5) is 25.8. The molecule has 1 saturated heterocycles. The zero-order valence-corrected chi connectivity index (χ0v) is 26.7. The van der Waals surface area contributed by atoms with Crippen molar-refractivity contribution in [3.05, 3.63) is 93.0 Å². The molecule has 236 valence electrons. The lowest BCUT2D eigenvalue weighted by Crippen LogP contribution is -2.52. The second-order valence-electron chi connectivity index (χ2n) is 12.2. The Morgan fingerprint density at radius 3 is 2.43 bits per heavy atom. The normalized spacial score (nSPS) is 21.7. The van der Waals surface area contributed by atoms with Crippen molar-refractivity contribution in [2.45, 2.75) is 57.5 Å². The Morgan fingerprint density at radius 2 is 1.82 bits per heavy atom. The van der Waals surface area contributed by atoms with Gasteiger partial charge in [0.1, 0.15) is 17.4 Å². The number of carbonyl (C=O) groups is 2. The predicted molar refractivity (Wildman–Crippen MR) is 169 cm³/mol. The van der Waals surface area contributed by atoms with E-state index in [2.05, 4.69) is 16.0 Å². The highest BCUT2D eigenvalue weighted by atomic mass is 35.5. The number of carboxylic acids is 1. The summed E-state index contributed by atoms with van der Waals surface area (Å²) < 4.78 is 37.5. The fourth-order valence-corrected chi connectivity index (χ4v) is 6.64. The summed E-state index contributed by atoms with van der Waals surface area (Å²) in [6, 6.07) is 11.5. The number of carbonyl (C=O) groups excluding carboxylic acids is 1. The van der Waals surface area contributed by atoms with Gasteiger partial charge in [-0.3, -0.25) is 4.79 Å². The molecule has 0 unspecified atom stereocenters. The van der Waals surface area contributed by atoms with Gasteiger partial charge < -0.3 is 25.8 Å². The number of methoxy groups -OCH3 is 1. The number of anilines is 1. The lowest BCUT2D eigenvalue weighted by Gasteiger charge is -2.43. The molecule has 44 heavy (non-hydrogen) atoms. The molecule has 0 aliphatic carbocycles. The van der Waals surface area contributed by atoms with Crippen molar-refractivity contribution in [1.29, 1.82) is 0 Å². The van der Waals surface area contributed by atoms with Crippen molar-refractivity contribution in [1.82, 2.24) is 10.6 Å². The van der Waals surface area contributed by atoms with Crippen LogP contribution in [0.2, 0.25) is 10.0 Å². The molecule has 0 radical (unpaired) electrons. The van der Waals surface area contributed by atoms with Crippen molar-refractivity contribution in [2.75, 3.05) is 25.5 Å². The Bertz CT molecular complexity index is 1550. The number of rotatable bonds is 10. The van der Waals surface area contributed by atoms with E-state index >= 15 is 8.78 Å². The molecular weight excluding hydrogens is 611 g/mol. The topological polar surface area (TPSA) is 99.7 Å². The first-order valence-corrected chi connectivity index (χ1v) is 15.1. The van der Waals surface area contributed by atoms with Crippen LogP contribution >= 0.6 is 23.2 Å². The van der Waals surface area contributed by atoms with Gasteiger partial charge in [0.15, 0.2) is 0 Å². The number of carboxylic acid groups (broad SMARTS) is 1. The number of aromatic carboxylic acids is 1. The second kappa shape index (κ2) is 13.4. The molecule has 1 aliphatic rings. The average molecular weight is 649 g/mol. The zero-order valence-electron chi connectivity index (χ0n) is 25.2. The number of amides is 1. The van der Waals surface area contributed by atoms with Crippen molar-refractivity contribution < 1.29 is 28.2 Å². The first kappa shape index (κ1) is 33.6. The molecular formula is C33H37Cl2F2N3O4. The number of benzene rings is 3. The zero-order chi connectivity index (χ0) is 32.4. The number of ether oxygens (including phenoxy) is 1. The number of halogens is 4. The van der Waals surface area contributed by atoms with E-state index in [1.807, 2.05) is 27.7 Å². The van der Waals surface area contributed by atoms with Gasteiger partial charge in [-0.2, -0.15) is 0 Å². The highest BCUT2D eigenvalue weighted by Gasteiger charge is 2.60. The van der Waals surface area contributed by atoms with E-state index in [1.54, 1.807) is 24.3 Å². The molecule has 1 fully saturated rings. The molecule has 4 rings (SSSR count). The fourth-order valence-electron chi connectivity index (χ4n) is 6.29. The largest absolute Gasteiger partial charge is 0.495 e. The van der Waals surface area contributed by atoms with Crippen molar-refractivity contribution in [3.63, 3.8) is 0 Å². The first-order chi connectivity index (χ1) is 20.7. The molecule has 1 aliphatic heterocycles. The van der Waals surface area contributed by atoms with Crippen LogP contribution in [0.5, 0.6) is 5.75 Å². The quantitative estimate of drug-likeness (QED) is 0.189. The minimum Gasteiger partial charge on any atom is -0.495 e.